The van der Waals surface area contributed by atoms with Crippen LogP contribution in [-0.4, -0.2) is 23.9 Å². The number of anilines is 1. The van der Waals surface area contributed by atoms with Gasteiger partial charge in [-0.25, -0.2) is 4.39 Å². The van der Waals surface area contributed by atoms with Crippen molar-refractivity contribution in [3.8, 4) is 0 Å². The van der Waals surface area contributed by atoms with Gasteiger partial charge in [0, 0.05) is 0 Å². The number of halogens is 1. The topological polar surface area (TPSA) is 49.4 Å². The summed E-state index contributed by atoms with van der Waals surface area (Å²) in [6.45, 7) is 7.41. The second-order valence-corrected chi connectivity index (χ2v) is 5.79. The molecule has 5 heteroatoms. The lowest BCUT2D eigenvalue weighted by Gasteiger charge is -2.40. The molecule has 1 N–H and O–H groups in total. The Labute approximate surface area is 124 Å². The van der Waals surface area contributed by atoms with E-state index in [0.717, 1.165) is 5.56 Å². The van der Waals surface area contributed by atoms with Crippen LogP contribution in [0.4, 0.5) is 10.1 Å². The molecule has 2 amide bonds. The van der Waals surface area contributed by atoms with Gasteiger partial charge < -0.3 is 5.32 Å². The monoisotopic (exact) mass is 292 g/mol. The van der Waals surface area contributed by atoms with Gasteiger partial charge in [-0.3, -0.25) is 14.5 Å². The average Bonchev–Trinajstić information content (AvgIpc) is 2.43. The first-order valence-corrected chi connectivity index (χ1v) is 7.26. The largest absolute Gasteiger partial charge is 0.342 e. The van der Waals surface area contributed by atoms with Crippen LogP contribution in [0.15, 0.2) is 18.2 Å². The van der Waals surface area contributed by atoms with Gasteiger partial charge in [0.15, 0.2) is 0 Å². The van der Waals surface area contributed by atoms with E-state index in [1.165, 1.54) is 17.0 Å². The Bertz CT molecular complexity index is 571. The van der Waals surface area contributed by atoms with E-state index in [0.29, 0.717) is 12.1 Å². The van der Waals surface area contributed by atoms with Gasteiger partial charge in [0.05, 0.1) is 5.69 Å². The van der Waals surface area contributed by atoms with Crippen LogP contribution in [-0.2, 0) is 9.59 Å². The molecule has 0 spiro atoms. The number of hydrogen-bond donors (Lipinski definition) is 1. The molecule has 0 aromatic heterocycles. The van der Waals surface area contributed by atoms with E-state index in [9.17, 15) is 14.0 Å². The minimum atomic E-state index is -0.590. The van der Waals surface area contributed by atoms with E-state index in [4.69, 9.17) is 0 Å². The van der Waals surface area contributed by atoms with E-state index in [1.807, 2.05) is 27.7 Å². The molecule has 114 valence electrons. The normalized spacial score (nSPS) is 22.7. The standard InChI is InChI=1S/C16H21FN2O2/c1-5-12-15(20)18-14(9(2)3)16(21)19(12)13-8-11(17)7-6-10(13)4/h6-9,12,14H,5H2,1-4H3,(H,18,20). The summed E-state index contributed by atoms with van der Waals surface area (Å²) < 4.78 is 13.6. The van der Waals surface area contributed by atoms with Gasteiger partial charge >= 0.3 is 0 Å². The van der Waals surface area contributed by atoms with Gasteiger partial charge in [-0.1, -0.05) is 26.8 Å². The Balaban J connectivity index is 2.51. The van der Waals surface area contributed by atoms with Crippen molar-refractivity contribution in [3.05, 3.63) is 29.6 Å². The number of piperazine rings is 1. The smallest absolute Gasteiger partial charge is 0.250 e. The van der Waals surface area contributed by atoms with Gasteiger partial charge in [-0.15, -0.1) is 0 Å². The van der Waals surface area contributed by atoms with Gasteiger partial charge in [-0.05, 0) is 37.0 Å². The molecule has 1 aromatic carbocycles. The number of carbonyl (C=O) groups excluding carboxylic acids is 2. The van der Waals surface area contributed by atoms with Crippen LogP contribution in [0, 0.1) is 18.7 Å². The average molecular weight is 292 g/mol. The molecule has 2 atom stereocenters. The highest BCUT2D eigenvalue weighted by Crippen LogP contribution is 2.28. The summed E-state index contributed by atoms with van der Waals surface area (Å²) in [6, 6.07) is 3.15. The third-order valence-electron chi connectivity index (χ3n) is 3.90. The lowest BCUT2D eigenvalue weighted by molar-refractivity contribution is -0.134. The molecule has 1 heterocycles. The number of nitrogens with one attached hydrogen (secondary N) is 1. The summed E-state index contributed by atoms with van der Waals surface area (Å²) in [5.74, 6) is -0.787. The first kappa shape index (κ1) is 15.5. The first-order valence-electron chi connectivity index (χ1n) is 7.26. The van der Waals surface area contributed by atoms with Crippen molar-refractivity contribution < 1.29 is 14.0 Å². The maximum atomic E-state index is 13.6. The van der Waals surface area contributed by atoms with Crippen molar-refractivity contribution in [3.63, 3.8) is 0 Å². The Morgan fingerprint density at radius 3 is 2.57 bits per heavy atom. The van der Waals surface area contributed by atoms with Crippen molar-refractivity contribution >= 4 is 17.5 Å². The van der Waals surface area contributed by atoms with Crippen molar-refractivity contribution in [2.75, 3.05) is 4.90 Å². The fourth-order valence-electron chi connectivity index (χ4n) is 2.68. The van der Waals surface area contributed by atoms with Gasteiger partial charge in [0.1, 0.15) is 17.9 Å². The predicted octanol–water partition coefficient (Wildman–Crippen LogP) is 2.40. The van der Waals surface area contributed by atoms with E-state index >= 15 is 0 Å². The number of rotatable bonds is 3. The number of hydrogen-bond acceptors (Lipinski definition) is 2. The van der Waals surface area contributed by atoms with E-state index in [-0.39, 0.29) is 17.7 Å². The molecule has 2 unspecified atom stereocenters. The predicted molar refractivity (Wildman–Crippen MR) is 79.5 cm³/mol. The third kappa shape index (κ3) is 2.77. The van der Waals surface area contributed by atoms with Crippen molar-refractivity contribution in [2.45, 2.75) is 46.2 Å². The highest BCUT2D eigenvalue weighted by atomic mass is 19.1. The molecular formula is C16H21FN2O2. The van der Waals surface area contributed by atoms with Crippen LogP contribution in [0.2, 0.25) is 0 Å². The van der Waals surface area contributed by atoms with Gasteiger partial charge in [0.25, 0.3) is 5.91 Å². The van der Waals surface area contributed by atoms with Crippen LogP contribution >= 0.6 is 0 Å². The third-order valence-corrected chi connectivity index (χ3v) is 3.90. The zero-order valence-corrected chi connectivity index (χ0v) is 12.8. The molecular weight excluding hydrogens is 271 g/mol. The Morgan fingerprint density at radius 1 is 1.33 bits per heavy atom. The first-order chi connectivity index (χ1) is 9.86. The summed E-state index contributed by atoms with van der Waals surface area (Å²) in [7, 11) is 0. The second kappa shape index (κ2) is 5.84. The minimum Gasteiger partial charge on any atom is -0.342 e. The molecule has 1 aliphatic heterocycles. The molecule has 1 saturated heterocycles. The lowest BCUT2D eigenvalue weighted by atomic mass is 9.95. The molecule has 0 saturated carbocycles. The molecule has 1 aromatic rings. The fraction of sp³-hybridized carbons (Fsp3) is 0.500. The molecule has 21 heavy (non-hydrogen) atoms. The van der Waals surface area contributed by atoms with Crippen LogP contribution in [0.25, 0.3) is 0 Å². The molecule has 1 aliphatic rings. The molecule has 4 nitrogen and oxygen atoms in total. The zero-order valence-electron chi connectivity index (χ0n) is 12.8. The Kier molecular flexibility index (Phi) is 4.30. The minimum absolute atomic E-state index is 0.0179. The number of amides is 2. The number of nitrogens with zero attached hydrogens (tertiary/aromatic N) is 1. The fourth-order valence-corrected chi connectivity index (χ4v) is 2.68. The van der Waals surface area contributed by atoms with E-state index in [1.54, 1.807) is 6.07 Å². The zero-order chi connectivity index (χ0) is 15.7. The maximum absolute atomic E-state index is 13.6. The molecule has 2 rings (SSSR count). The van der Waals surface area contributed by atoms with Crippen LogP contribution in [0.5, 0.6) is 0 Å². The highest BCUT2D eigenvalue weighted by Gasteiger charge is 2.42. The molecule has 1 fully saturated rings. The van der Waals surface area contributed by atoms with Gasteiger partial charge in [-0.2, -0.15) is 0 Å². The van der Waals surface area contributed by atoms with Crippen molar-refractivity contribution in [1.82, 2.24) is 5.32 Å². The Hall–Kier alpha value is -1.91. The van der Waals surface area contributed by atoms with Crippen LogP contribution in [0.1, 0.15) is 32.8 Å². The van der Waals surface area contributed by atoms with Crippen LogP contribution < -0.4 is 10.2 Å². The quantitative estimate of drug-likeness (QED) is 0.930. The number of benzene rings is 1. The Morgan fingerprint density at radius 2 is 2.00 bits per heavy atom. The number of aryl methyl sites for hydroxylation is 1. The summed E-state index contributed by atoms with van der Waals surface area (Å²) in [6.07, 6.45) is 0.484. The van der Waals surface area contributed by atoms with E-state index < -0.39 is 17.9 Å². The SMILES string of the molecule is CCC1C(=O)NC(C(C)C)C(=O)N1c1cc(F)ccc1C. The second-order valence-electron chi connectivity index (χ2n) is 5.79. The summed E-state index contributed by atoms with van der Waals surface area (Å²) in [5, 5.41) is 2.78. The van der Waals surface area contributed by atoms with Crippen molar-refractivity contribution in [1.29, 1.82) is 0 Å². The molecule has 0 bridgehead atoms. The summed E-state index contributed by atoms with van der Waals surface area (Å²) >= 11 is 0. The molecule has 0 aliphatic carbocycles. The molecule has 0 radical (unpaired) electrons. The van der Waals surface area contributed by atoms with Crippen molar-refractivity contribution in [2.24, 2.45) is 5.92 Å². The summed E-state index contributed by atoms with van der Waals surface area (Å²) in [4.78, 5) is 26.5. The highest BCUT2D eigenvalue weighted by molar-refractivity contribution is 6.08. The summed E-state index contributed by atoms with van der Waals surface area (Å²) in [5.41, 5.74) is 1.26. The maximum Gasteiger partial charge on any atom is 0.250 e. The number of carbonyl (C=O) groups is 2. The lowest BCUT2D eigenvalue weighted by Crippen LogP contribution is -2.65. The van der Waals surface area contributed by atoms with Gasteiger partial charge in [0.2, 0.25) is 5.91 Å². The van der Waals surface area contributed by atoms with Crippen LogP contribution in [0.3, 0.4) is 0 Å². The van der Waals surface area contributed by atoms with E-state index in [2.05, 4.69) is 5.32 Å².